The molecule has 1 amide bonds. The SMILES string of the molecule is Cc1onc(-c2ccccc2)c1C(=O)NNc1ccc(F)cc1. The maximum Gasteiger partial charge on any atom is 0.275 e. The molecular formula is C17H14FN3O2. The molecule has 3 rings (SSSR count). The molecule has 5 nitrogen and oxygen atoms in total. The Morgan fingerprint density at radius 1 is 1.09 bits per heavy atom. The molecule has 1 aromatic heterocycles. The summed E-state index contributed by atoms with van der Waals surface area (Å²) in [5, 5.41) is 3.96. The first-order chi connectivity index (χ1) is 11.1. The van der Waals surface area contributed by atoms with E-state index in [1.807, 2.05) is 30.3 Å². The van der Waals surface area contributed by atoms with Gasteiger partial charge in [-0.05, 0) is 31.2 Å². The number of hydrazine groups is 1. The minimum Gasteiger partial charge on any atom is -0.360 e. The number of halogens is 1. The summed E-state index contributed by atoms with van der Waals surface area (Å²) in [5.41, 5.74) is 7.47. The van der Waals surface area contributed by atoms with E-state index in [2.05, 4.69) is 16.0 Å². The fourth-order valence-electron chi connectivity index (χ4n) is 2.16. The number of nitrogens with one attached hydrogen (secondary N) is 2. The van der Waals surface area contributed by atoms with E-state index in [1.165, 1.54) is 24.3 Å². The van der Waals surface area contributed by atoms with Gasteiger partial charge in [-0.25, -0.2) is 4.39 Å². The van der Waals surface area contributed by atoms with Crippen LogP contribution in [0.15, 0.2) is 59.1 Å². The van der Waals surface area contributed by atoms with E-state index in [0.717, 1.165) is 5.56 Å². The zero-order valence-electron chi connectivity index (χ0n) is 12.3. The summed E-state index contributed by atoms with van der Waals surface area (Å²) in [7, 11) is 0. The number of aryl methyl sites for hydroxylation is 1. The van der Waals surface area contributed by atoms with Crippen LogP contribution in [0.4, 0.5) is 10.1 Å². The molecule has 3 aromatic rings. The van der Waals surface area contributed by atoms with Crippen molar-refractivity contribution in [1.82, 2.24) is 10.6 Å². The molecule has 0 aliphatic heterocycles. The molecule has 0 saturated heterocycles. The summed E-state index contributed by atoms with van der Waals surface area (Å²) >= 11 is 0. The molecule has 2 aromatic carbocycles. The third-order valence-corrected chi connectivity index (χ3v) is 3.30. The van der Waals surface area contributed by atoms with Gasteiger partial charge >= 0.3 is 0 Å². The molecule has 0 radical (unpaired) electrons. The molecule has 0 bridgehead atoms. The molecule has 0 atom stereocenters. The van der Waals surface area contributed by atoms with Gasteiger partial charge in [-0.15, -0.1) is 0 Å². The van der Waals surface area contributed by atoms with E-state index in [4.69, 9.17) is 4.52 Å². The second-order valence-electron chi connectivity index (χ2n) is 4.91. The van der Waals surface area contributed by atoms with Crippen molar-refractivity contribution in [3.8, 4) is 11.3 Å². The minimum atomic E-state index is -0.382. The molecule has 2 N–H and O–H groups in total. The van der Waals surface area contributed by atoms with E-state index in [-0.39, 0.29) is 11.7 Å². The third kappa shape index (κ3) is 3.21. The van der Waals surface area contributed by atoms with E-state index in [1.54, 1.807) is 6.92 Å². The molecule has 0 saturated carbocycles. The van der Waals surface area contributed by atoms with Crippen LogP contribution in [0.1, 0.15) is 16.1 Å². The number of hydrogen-bond donors (Lipinski definition) is 2. The molecule has 0 aliphatic rings. The van der Waals surface area contributed by atoms with Gasteiger partial charge in [-0.2, -0.15) is 0 Å². The standard InChI is InChI=1S/C17H14FN3O2/c1-11-15(16(21-23-11)12-5-3-2-4-6-12)17(22)20-19-14-9-7-13(18)8-10-14/h2-10,19H,1H3,(H,20,22). The Balaban J connectivity index is 1.80. The number of aromatic nitrogens is 1. The van der Waals surface area contributed by atoms with Crippen LogP contribution >= 0.6 is 0 Å². The molecule has 0 aliphatic carbocycles. The van der Waals surface area contributed by atoms with Crippen molar-refractivity contribution in [3.05, 3.63) is 71.7 Å². The Labute approximate surface area is 132 Å². The maximum absolute atomic E-state index is 12.9. The van der Waals surface area contributed by atoms with Gasteiger partial charge in [0, 0.05) is 5.56 Å². The van der Waals surface area contributed by atoms with Gasteiger partial charge in [0.05, 0.1) is 5.69 Å². The van der Waals surface area contributed by atoms with Gasteiger partial charge < -0.3 is 4.52 Å². The zero-order valence-corrected chi connectivity index (χ0v) is 12.3. The lowest BCUT2D eigenvalue weighted by molar-refractivity contribution is 0.0961. The normalized spacial score (nSPS) is 10.3. The lowest BCUT2D eigenvalue weighted by Gasteiger charge is -2.08. The van der Waals surface area contributed by atoms with Gasteiger partial charge in [0.1, 0.15) is 22.8 Å². The van der Waals surface area contributed by atoms with Gasteiger partial charge in [-0.3, -0.25) is 15.6 Å². The first-order valence-corrected chi connectivity index (χ1v) is 6.99. The highest BCUT2D eigenvalue weighted by atomic mass is 19.1. The van der Waals surface area contributed by atoms with Crippen LogP contribution in [0, 0.1) is 12.7 Å². The van der Waals surface area contributed by atoms with Gasteiger partial charge in [0.25, 0.3) is 5.91 Å². The third-order valence-electron chi connectivity index (χ3n) is 3.30. The molecular weight excluding hydrogens is 297 g/mol. The molecule has 0 spiro atoms. The van der Waals surface area contributed by atoms with Gasteiger partial charge in [0.2, 0.25) is 0 Å². The number of anilines is 1. The Kier molecular flexibility index (Phi) is 4.05. The highest BCUT2D eigenvalue weighted by Crippen LogP contribution is 2.24. The Morgan fingerprint density at radius 2 is 1.78 bits per heavy atom. The predicted octanol–water partition coefficient (Wildman–Crippen LogP) is 3.55. The van der Waals surface area contributed by atoms with Crippen molar-refractivity contribution in [1.29, 1.82) is 0 Å². The highest BCUT2D eigenvalue weighted by molar-refractivity contribution is 6.01. The van der Waals surface area contributed by atoms with Crippen LogP contribution in [0.2, 0.25) is 0 Å². The number of hydrogen-bond acceptors (Lipinski definition) is 4. The predicted molar refractivity (Wildman–Crippen MR) is 84.2 cm³/mol. The fourth-order valence-corrected chi connectivity index (χ4v) is 2.16. The van der Waals surface area contributed by atoms with Crippen molar-refractivity contribution in [2.75, 3.05) is 5.43 Å². The number of rotatable bonds is 4. The Bertz CT molecular complexity index is 814. The van der Waals surface area contributed by atoms with E-state index in [9.17, 15) is 9.18 Å². The second kappa shape index (κ2) is 6.31. The van der Waals surface area contributed by atoms with Crippen LogP contribution in [0.25, 0.3) is 11.3 Å². The van der Waals surface area contributed by atoms with E-state index < -0.39 is 0 Å². The maximum atomic E-state index is 12.9. The summed E-state index contributed by atoms with van der Waals surface area (Å²) in [4.78, 5) is 12.4. The zero-order chi connectivity index (χ0) is 16.2. The minimum absolute atomic E-state index is 0.344. The van der Waals surface area contributed by atoms with Crippen molar-refractivity contribution in [3.63, 3.8) is 0 Å². The molecule has 0 fully saturated rings. The topological polar surface area (TPSA) is 67.2 Å². The van der Waals surface area contributed by atoms with Gasteiger partial charge in [-0.1, -0.05) is 35.5 Å². The largest absolute Gasteiger partial charge is 0.360 e. The Morgan fingerprint density at radius 3 is 2.48 bits per heavy atom. The number of benzene rings is 2. The van der Waals surface area contributed by atoms with Crippen LogP contribution in [-0.4, -0.2) is 11.1 Å². The van der Waals surface area contributed by atoms with Crippen LogP contribution in [-0.2, 0) is 0 Å². The molecule has 116 valence electrons. The monoisotopic (exact) mass is 311 g/mol. The van der Waals surface area contributed by atoms with Crippen molar-refractivity contribution < 1.29 is 13.7 Å². The fraction of sp³-hybridized carbons (Fsp3) is 0.0588. The average Bonchev–Trinajstić information content (AvgIpc) is 2.96. The number of nitrogens with zero attached hydrogens (tertiary/aromatic N) is 1. The van der Waals surface area contributed by atoms with E-state index in [0.29, 0.717) is 22.7 Å². The molecule has 23 heavy (non-hydrogen) atoms. The summed E-state index contributed by atoms with van der Waals surface area (Å²) in [6.07, 6.45) is 0. The summed E-state index contributed by atoms with van der Waals surface area (Å²) in [6.45, 7) is 1.67. The van der Waals surface area contributed by atoms with Crippen molar-refractivity contribution >= 4 is 11.6 Å². The quantitative estimate of drug-likeness (QED) is 0.723. The molecule has 6 heteroatoms. The molecule has 1 heterocycles. The smallest absolute Gasteiger partial charge is 0.275 e. The average molecular weight is 311 g/mol. The lowest BCUT2D eigenvalue weighted by atomic mass is 10.1. The summed E-state index contributed by atoms with van der Waals surface area (Å²) < 4.78 is 18.0. The first-order valence-electron chi connectivity index (χ1n) is 6.99. The van der Waals surface area contributed by atoms with E-state index >= 15 is 0 Å². The summed E-state index contributed by atoms with van der Waals surface area (Å²) in [5.74, 6) is -0.308. The molecule has 0 unspecified atom stereocenters. The van der Waals surface area contributed by atoms with Crippen molar-refractivity contribution in [2.24, 2.45) is 0 Å². The van der Waals surface area contributed by atoms with Crippen molar-refractivity contribution in [2.45, 2.75) is 6.92 Å². The summed E-state index contributed by atoms with van der Waals surface area (Å²) in [6, 6.07) is 14.9. The van der Waals surface area contributed by atoms with Crippen LogP contribution < -0.4 is 10.9 Å². The first kappa shape index (κ1) is 14.8. The highest BCUT2D eigenvalue weighted by Gasteiger charge is 2.21. The van der Waals surface area contributed by atoms with Gasteiger partial charge in [0.15, 0.2) is 0 Å². The van der Waals surface area contributed by atoms with Crippen LogP contribution in [0.5, 0.6) is 0 Å². The Hall–Kier alpha value is -3.15. The number of carbonyl (C=O) groups is 1. The van der Waals surface area contributed by atoms with Crippen LogP contribution in [0.3, 0.4) is 0 Å². The number of carbonyl (C=O) groups excluding carboxylic acids is 1. The second-order valence-corrected chi connectivity index (χ2v) is 4.91. The number of amides is 1. The lowest BCUT2D eigenvalue weighted by Crippen LogP contribution is -2.29.